The number of rotatable bonds is 15. The number of halogens is 4. The Labute approximate surface area is 368 Å². The van der Waals surface area contributed by atoms with Crippen LogP contribution >= 0.6 is 0 Å². The highest BCUT2D eigenvalue weighted by Crippen LogP contribution is 2.33. The summed E-state index contributed by atoms with van der Waals surface area (Å²) in [7, 11) is 4.95. The number of aldehydes is 1. The van der Waals surface area contributed by atoms with E-state index in [-0.39, 0.29) is 37.6 Å². The Hall–Kier alpha value is -4.61. The lowest BCUT2D eigenvalue weighted by molar-refractivity contribution is -0.244. The molecule has 0 radical (unpaired) electrons. The molecule has 4 atom stereocenters. The first kappa shape index (κ1) is 64.0. The molecule has 62 heavy (non-hydrogen) atoms. The van der Waals surface area contributed by atoms with Gasteiger partial charge in [0.25, 0.3) is 5.91 Å². The quantitative estimate of drug-likeness (QED) is 0.0502. The molecule has 1 fully saturated rings. The van der Waals surface area contributed by atoms with Gasteiger partial charge in [-0.25, -0.2) is 4.79 Å². The standard InChI is InChI=1S/C20H29F4N3O6.C14H23N3O2.2C4H10.C2H6/c1-11(13(29)10-28)27(24)15(30)12-8-7-9-26(12)16(31)14(18(2,3)4)25-17(32)33-19(5,6)20(21,22)23;1-6-7-8-9-11(2)13(14(19)17(4)5)16-12(18)10-15-3;1-4(2)3;1-3-4-2;1-2/h10-12,14H,7-9H2,1-6H3,(H,25,32);6-9,13,15H,2,10H2,1,3-5H3,(H,16,18);4H,1-3H3;3-4H2,1-2H3;1-2H3/b;7-6-,9-8-;;;. The molecule has 0 aromatic rings. The number of ketones is 1. The average molecular weight is 895 g/mol. The van der Waals surface area contributed by atoms with Crippen molar-refractivity contribution < 1.29 is 56.0 Å². The van der Waals surface area contributed by atoms with Gasteiger partial charge in [0.05, 0.1) is 6.54 Å². The van der Waals surface area contributed by atoms with Crippen molar-refractivity contribution in [2.75, 3.05) is 34.2 Å². The SMILES string of the molecule is C=C(/C=C\C=C/C)C(NC(=O)CNC)C(=O)N(C)C.CC.CC(C(=O)C=O)N(F)C(=O)C1CCCN1C(=O)C(NC(=O)OC(C)(C)C(F)(F)F)C(C)(C)C.CC(C)C.CCCC. The molecule has 1 heterocycles. The van der Waals surface area contributed by atoms with Gasteiger partial charge in [0.1, 0.15) is 24.2 Å². The van der Waals surface area contributed by atoms with Crippen LogP contribution in [0.1, 0.15) is 123 Å². The molecule has 0 saturated carbocycles. The number of nitrogens with one attached hydrogen (secondary N) is 3. The summed E-state index contributed by atoms with van der Waals surface area (Å²) in [4.78, 5) is 86.0. The number of carbonyl (C=O) groups excluding carboxylic acids is 7. The number of alkyl halides is 3. The van der Waals surface area contributed by atoms with Gasteiger partial charge in [-0.05, 0) is 64.5 Å². The molecular weight excluding hydrogens is 817 g/mol. The number of carbonyl (C=O) groups is 7. The summed E-state index contributed by atoms with van der Waals surface area (Å²) < 4.78 is 58.0. The highest BCUT2D eigenvalue weighted by atomic mass is 19.4. The van der Waals surface area contributed by atoms with Gasteiger partial charge in [0.15, 0.2) is 6.29 Å². The number of likely N-dealkylation sites (N-methyl/N-ethyl adjacent to an activating group) is 2. The average Bonchev–Trinajstić information content (AvgIpc) is 3.67. The molecule has 1 saturated heterocycles. The number of alkyl carbamates (subject to hydrolysis) is 1. The summed E-state index contributed by atoms with van der Waals surface area (Å²) in [5, 5.41) is 7.10. The Balaban J connectivity index is -0.000000486. The highest BCUT2D eigenvalue weighted by Gasteiger charge is 2.52. The summed E-state index contributed by atoms with van der Waals surface area (Å²) in [5.41, 5.74) is -3.31. The molecule has 4 unspecified atom stereocenters. The first-order valence-electron chi connectivity index (χ1n) is 20.9. The fourth-order valence-electron chi connectivity index (χ4n) is 4.41. The summed E-state index contributed by atoms with van der Waals surface area (Å²) in [6, 6.07) is -5.16. The van der Waals surface area contributed by atoms with Gasteiger partial charge in [-0.1, -0.05) is 117 Å². The van der Waals surface area contributed by atoms with E-state index in [0.29, 0.717) is 25.8 Å². The second kappa shape index (κ2) is 32.1. The monoisotopic (exact) mass is 895 g/mol. The first-order chi connectivity index (χ1) is 28.4. The zero-order chi connectivity index (χ0) is 49.8. The van der Waals surface area contributed by atoms with Crippen LogP contribution in [0.25, 0.3) is 0 Å². The number of hydrogen-bond acceptors (Lipinski definition) is 9. The third-order valence-electron chi connectivity index (χ3n) is 8.12. The van der Waals surface area contributed by atoms with Crippen LogP contribution in [0, 0.1) is 11.3 Å². The molecular formula is C44H78F4N6O8. The predicted molar refractivity (Wildman–Crippen MR) is 236 cm³/mol. The van der Waals surface area contributed by atoms with Crippen LogP contribution in [0.15, 0.2) is 36.5 Å². The third-order valence-corrected chi connectivity index (χ3v) is 8.12. The molecule has 0 spiro atoms. The highest BCUT2D eigenvalue weighted by molar-refractivity contribution is 6.27. The van der Waals surface area contributed by atoms with E-state index >= 15 is 0 Å². The number of likely N-dealkylation sites (tertiary alicyclic amines) is 1. The normalized spacial score (nSPS) is 15.1. The number of allylic oxidation sites excluding steroid dienone is 3. The van der Waals surface area contributed by atoms with E-state index < -0.39 is 70.2 Å². The van der Waals surface area contributed by atoms with Crippen molar-refractivity contribution in [1.82, 2.24) is 30.9 Å². The fraction of sp³-hybridized carbons (Fsp3) is 0.705. The van der Waals surface area contributed by atoms with E-state index in [1.807, 2.05) is 32.9 Å². The number of Topliss-reactive ketones (excluding diaryl/α,β-unsaturated/α-hetero) is 1. The van der Waals surface area contributed by atoms with Crippen molar-refractivity contribution in [3.8, 4) is 0 Å². The molecule has 1 aliphatic rings. The molecule has 0 aliphatic carbocycles. The van der Waals surface area contributed by atoms with Gasteiger partial charge in [-0.2, -0.15) is 18.3 Å². The molecule has 1 aliphatic heterocycles. The van der Waals surface area contributed by atoms with E-state index in [9.17, 15) is 51.2 Å². The lowest BCUT2D eigenvalue weighted by atomic mass is 9.85. The van der Waals surface area contributed by atoms with Gasteiger partial charge in [0.2, 0.25) is 29.1 Å². The van der Waals surface area contributed by atoms with Gasteiger partial charge in [0, 0.05) is 20.6 Å². The predicted octanol–water partition coefficient (Wildman–Crippen LogP) is 7.29. The zero-order valence-corrected chi connectivity index (χ0v) is 40.3. The summed E-state index contributed by atoms with van der Waals surface area (Å²) in [5.74, 6) is -2.85. The number of ether oxygens (including phenoxy) is 1. The largest absolute Gasteiger partial charge is 0.434 e. The van der Waals surface area contributed by atoms with Crippen LogP contribution in [-0.4, -0.2) is 127 Å². The number of hydrogen-bond donors (Lipinski definition) is 3. The summed E-state index contributed by atoms with van der Waals surface area (Å²) in [6.07, 6.45) is 3.70. The lowest BCUT2D eigenvalue weighted by Gasteiger charge is -2.36. The van der Waals surface area contributed by atoms with E-state index in [2.05, 4.69) is 61.9 Å². The molecule has 1 rings (SSSR count). The van der Waals surface area contributed by atoms with Crippen LogP contribution in [0.2, 0.25) is 0 Å². The number of nitrogens with zero attached hydrogens (tertiary/aromatic N) is 3. The minimum Gasteiger partial charge on any atom is -0.434 e. The first-order valence-corrected chi connectivity index (χ1v) is 20.9. The maximum Gasteiger partial charge on any atom is 0.427 e. The minimum atomic E-state index is -4.86. The molecule has 360 valence electrons. The Morgan fingerprint density at radius 3 is 1.81 bits per heavy atom. The van der Waals surface area contributed by atoms with E-state index in [1.165, 1.54) is 38.5 Å². The van der Waals surface area contributed by atoms with Crippen LogP contribution in [0.4, 0.5) is 22.4 Å². The van der Waals surface area contributed by atoms with Crippen molar-refractivity contribution in [2.24, 2.45) is 11.3 Å². The van der Waals surface area contributed by atoms with Crippen molar-refractivity contribution in [2.45, 2.75) is 159 Å². The lowest BCUT2D eigenvalue weighted by Crippen LogP contribution is -2.59. The van der Waals surface area contributed by atoms with E-state index in [1.54, 1.807) is 33.3 Å². The van der Waals surface area contributed by atoms with Crippen LogP contribution in [-0.2, 0) is 33.5 Å². The number of unbranched alkanes of at least 4 members (excludes halogenated alkanes) is 1. The second-order valence-electron chi connectivity index (χ2n) is 16.3. The smallest absolute Gasteiger partial charge is 0.427 e. The van der Waals surface area contributed by atoms with Crippen LogP contribution in [0.5, 0.6) is 0 Å². The van der Waals surface area contributed by atoms with E-state index in [0.717, 1.165) is 17.7 Å². The second-order valence-corrected chi connectivity index (χ2v) is 16.3. The minimum absolute atomic E-state index is 0.0104. The van der Waals surface area contributed by atoms with Crippen molar-refractivity contribution in [1.29, 1.82) is 0 Å². The zero-order valence-electron chi connectivity index (χ0n) is 40.3. The molecule has 0 aromatic carbocycles. The summed E-state index contributed by atoms with van der Waals surface area (Å²) in [6.45, 7) is 27.7. The topological polar surface area (TPSA) is 175 Å². The Kier molecular flexibility index (Phi) is 33.2. The molecule has 0 bridgehead atoms. The molecule has 18 heteroatoms. The van der Waals surface area contributed by atoms with Gasteiger partial charge in [-0.15, -0.1) is 0 Å². The molecule has 5 amide bonds. The van der Waals surface area contributed by atoms with Crippen LogP contribution in [0.3, 0.4) is 0 Å². The summed E-state index contributed by atoms with van der Waals surface area (Å²) >= 11 is 0. The maximum atomic E-state index is 14.4. The van der Waals surface area contributed by atoms with Crippen molar-refractivity contribution in [3.63, 3.8) is 0 Å². The van der Waals surface area contributed by atoms with Gasteiger partial charge < -0.3 is 30.5 Å². The van der Waals surface area contributed by atoms with Gasteiger partial charge >= 0.3 is 12.3 Å². The maximum absolute atomic E-state index is 14.4. The molecule has 0 aromatic heterocycles. The Morgan fingerprint density at radius 1 is 0.919 bits per heavy atom. The Morgan fingerprint density at radius 2 is 1.42 bits per heavy atom. The third kappa shape index (κ3) is 25.4. The molecule has 14 nitrogen and oxygen atoms in total. The fourth-order valence-corrected chi connectivity index (χ4v) is 4.41. The van der Waals surface area contributed by atoms with Crippen molar-refractivity contribution >= 4 is 41.8 Å². The van der Waals surface area contributed by atoms with E-state index in [4.69, 9.17) is 0 Å². The van der Waals surface area contributed by atoms with Crippen LogP contribution < -0.4 is 16.0 Å². The number of amides is 5. The van der Waals surface area contributed by atoms with Gasteiger partial charge in [-0.3, -0.25) is 28.8 Å². The Bertz CT molecular complexity index is 1450. The van der Waals surface area contributed by atoms with Crippen molar-refractivity contribution in [3.05, 3.63) is 36.5 Å². The molecule has 3 N–H and O–H groups in total.